The van der Waals surface area contributed by atoms with Crippen LogP contribution in [0.5, 0.6) is 0 Å². The van der Waals surface area contributed by atoms with Crippen molar-refractivity contribution in [3.05, 3.63) is 21.9 Å². The molecule has 0 aromatic carbocycles. The molecule has 3 rings (SSSR count). The number of thiophene rings is 1. The van der Waals surface area contributed by atoms with E-state index in [-0.39, 0.29) is 0 Å². The highest BCUT2D eigenvalue weighted by Gasteiger charge is 2.42. The van der Waals surface area contributed by atoms with E-state index in [1.165, 1.54) is 32.5 Å². The summed E-state index contributed by atoms with van der Waals surface area (Å²) < 4.78 is 0. The van der Waals surface area contributed by atoms with Crippen molar-refractivity contribution in [2.45, 2.75) is 25.3 Å². The van der Waals surface area contributed by atoms with Crippen LogP contribution in [0.25, 0.3) is 0 Å². The number of hydrogen-bond donors (Lipinski definition) is 1. The largest absolute Gasteiger partial charge is 0.305 e. The minimum Gasteiger partial charge on any atom is -0.305 e. The van der Waals surface area contributed by atoms with Crippen molar-refractivity contribution in [1.29, 1.82) is 0 Å². The Morgan fingerprint density at radius 1 is 1.60 bits per heavy atom. The van der Waals surface area contributed by atoms with Crippen molar-refractivity contribution in [2.75, 3.05) is 26.2 Å². The fourth-order valence-corrected chi connectivity index (χ4v) is 4.11. The van der Waals surface area contributed by atoms with E-state index in [2.05, 4.69) is 28.6 Å². The lowest BCUT2D eigenvalue weighted by Crippen LogP contribution is -2.48. The number of likely N-dealkylation sites (tertiary alicyclic amines) is 1. The molecule has 1 atom stereocenters. The van der Waals surface area contributed by atoms with Gasteiger partial charge in [-0.1, -0.05) is 6.92 Å². The predicted octanol–water partition coefficient (Wildman–Crippen LogP) is 1.81. The molecule has 1 N–H and O–H groups in total. The summed E-state index contributed by atoms with van der Waals surface area (Å²) in [6.07, 6.45) is 2.50. The smallest absolute Gasteiger partial charge is 0.0672 e. The van der Waals surface area contributed by atoms with Gasteiger partial charge >= 0.3 is 0 Å². The van der Waals surface area contributed by atoms with Crippen molar-refractivity contribution in [3.63, 3.8) is 0 Å². The van der Waals surface area contributed by atoms with Crippen LogP contribution < -0.4 is 5.32 Å². The van der Waals surface area contributed by atoms with E-state index in [9.17, 15) is 0 Å². The Morgan fingerprint density at radius 3 is 3.33 bits per heavy atom. The number of nitrogens with zero attached hydrogens (tertiary/aromatic N) is 1. The van der Waals surface area contributed by atoms with Gasteiger partial charge in [0.1, 0.15) is 0 Å². The van der Waals surface area contributed by atoms with Gasteiger partial charge in [0.15, 0.2) is 0 Å². The number of rotatable bonds is 1. The van der Waals surface area contributed by atoms with Gasteiger partial charge in [-0.25, -0.2) is 0 Å². The molecule has 1 aromatic rings. The summed E-state index contributed by atoms with van der Waals surface area (Å²) in [6.45, 7) is 7.06. The van der Waals surface area contributed by atoms with E-state index in [0.29, 0.717) is 5.54 Å². The topological polar surface area (TPSA) is 15.3 Å². The molecule has 15 heavy (non-hydrogen) atoms. The van der Waals surface area contributed by atoms with Gasteiger partial charge in [0.2, 0.25) is 0 Å². The molecule has 0 amide bonds. The molecule has 2 nitrogen and oxygen atoms in total. The van der Waals surface area contributed by atoms with Crippen molar-refractivity contribution >= 4 is 11.3 Å². The summed E-state index contributed by atoms with van der Waals surface area (Å²) in [5, 5.41) is 6.03. The molecule has 0 radical (unpaired) electrons. The second kappa shape index (κ2) is 3.58. The van der Waals surface area contributed by atoms with Gasteiger partial charge < -0.3 is 10.2 Å². The Bertz CT molecular complexity index is 360. The lowest BCUT2D eigenvalue weighted by molar-refractivity contribution is 0.287. The molecule has 3 heteroatoms. The van der Waals surface area contributed by atoms with Gasteiger partial charge in [-0.05, 0) is 36.4 Å². The lowest BCUT2D eigenvalue weighted by atomic mass is 9.89. The normalized spacial score (nSPS) is 31.0. The van der Waals surface area contributed by atoms with E-state index < -0.39 is 0 Å². The SMILES string of the molecule is CCN1CCC2(C1)NCCc1ccsc12. The Morgan fingerprint density at radius 2 is 2.53 bits per heavy atom. The molecule has 0 bridgehead atoms. The molecule has 2 aliphatic rings. The summed E-state index contributed by atoms with van der Waals surface area (Å²) in [4.78, 5) is 4.17. The van der Waals surface area contributed by atoms with Crippen LogP contribution in [0.3, 0.4) is 0 Å². The number of fused-ring (bicyclic) bond motifs is 2. The van der Waals surface area contributed by atoms with Crippen LogP contribution in [0.1, 0.15) is 23.8 Å². The fraction of sp³-hybridized carbons (Fsp3) is 0.667. The molecule has 2 aliphatic heterocycles. The van der Waals surface area contributed by atoms with E-state index in [4.69, 9.17) is 0 Å². The molecule has 1 aromatic heterocycles. The Hall–Kier alpha value is -0.380. The van der Waals surface area contributed by atoms with Gasteiger partial charge in [-0.2, -0.15) is 0 Å². The summed E-state index contributed by atoms with van der Waals surface area (Å²) >= 11 is 1.94. The number of hydrogen-bond acceptors (Lipinski definition) is 3. The first-order valence-electron chi connectivity index (χ1n) is 5.88. The fourth-order valence-electron chi connectivity index (χ4n) is 2.96. The van der Waals surface area contributed by atoms with Crippen LogP contribution >= 0.6 is 11.3 Å². The molecule has 0 aliphatic carbocycles. The van der Waals surface area contributed by atoms with E-state index in [1.807, 2.05) is 11.3 Å². The standard InChI is InChI=1S/C12H18N2S/c1-2-14-7-5-12(9-14)11-10(3-6-13-12)4-8-15-11/h4,8,13H,2-3,5-7,9H2,1H3. The van der Waals surface area contributed by atoms with Crippen LogP contribution in [0.4, 0.5) is 0 Å². The molecule has 1 fully saturated rings. The molecule has 3 heterocycles. The van der Waals surface area contributed by atoms with Crippen molar-refractivity contribution in [2.24, 2.45) is 0 Å². The van der Waals surface area contributed by atoms with E-state index >= 15 is 0 Å². The monoisotopic (exact) mass is 222 g/mol. The van der Waals surface area contributed by atoms with Gasteiger partial charge in [0.05, 0.1) is 5.54 Å². The Kier molecular flexibility index (Phi) is 2.34. The second-order valence-electron chi connectivity index (χ2n) is 4.65. The highest BCUT2D eigenvalue weighted by Crippen LogP contribution is 2.39. The highest BCUT2D eigenvalue weighted by molar-refractivity contribution is 7.10. The first kappa shape index (κ1) is 9.82. The Labute approximate surface area is 95.3 Å². The lowest BCUT2D eigenvalue weighted by Gasteiger charge is -2.35. The van der Waals surface area contributed by atoms with Crippen LogP contribution in [-0.4, -0.2) is 31.1 Å². The Balaban J connectivity index is 1.95. The third kappa shape index (κ3) is 1.45. The summed E-state index contributed by atoms with van der Waals surface area (Å²) in [6, 6.07) is 2.32. The third-order valence-corrected chi connectivity index (χ3v) is 5.00. The molecule has 1 saturated heterocycles. The van der Waals surface area contributed by atoms with E-state index in [0.717, 1.165) is 6.54 Å². The zero-order valence-electron chi connectivity index (χ0n) is 9.25. The van der Waals surface area contributed by atoms with Gasteiger partial charge in [-0.3, -0.25) is 0 Å². The average Bonchev–Trinajstić information content (AvgIpc) is 2.86. The molecule has 82 valence electrons. The van der Waals surface area contributed by atoms with Gasteiger partial charge in [-0.15, -0.1) is 11.3 Å². The first-order chi connectivity index (χ1) is 7.34. The van der Waals surface area contributed by atoms with Crippen LogP contribution in [0.15, 0.2) is 11.4 Å². The summed E-state index contributed by atoms with van der Waals surface area (Å²) in [5.74, 6) is 0. The average molecular weight is 222 g/mol. The minimum atomic E-state index is 0.303. The number of likely N-dealkylation sites (N-methyl/N-ethyl adjacent to an activating group) is 1. The maximum absolute atomic E-state index is 3.77. The molecule has 1 unspecified atom stereocenters. The van der Waals surface area contributed by atoms with Crippen molar-refractivity contribution < 1.29 is 0 Å². The van der Waals surface area contributed by atoms with Crippen LogP contribution in [0.2, 0.25) is 0 Å². The quantitative estimate of drug-likeness (QED) is 0.779. The van der Waals surface area contributed by atoms with Crippen LogP contribution in [-0.2, 0) is 12.0 Å². The molecular weight excluding hydrogens is 204 g/mol. The highest BCUT2D eigenvalue weighted by atomic mass is 32.1. The number of nitrogens with one attached hydrogen (secondary N) is 1. The molecule has 1 spiro atoms. The second-order valence-corrected chi connectivity index (χ2v) is 5.57. The van der Waals surface area contributed by atoms with Gasteiger partial charge in [0, 0.05) is 24.5 Å². The first-order valence-corrected chi connectivity index (χ1v) is 6.76. The van der Waals surface area contributed by atoms with Crippen molar-refractivity contribution in [3.8, 4) is 0 Å². The minimum absolute atomic E-state index is 0.303. The zero-order valence-corrected chi connectivity index (χ0v) is 10.1. The summed E-state index contributed by atoms with van der Waals surface area (Å²) in [5.41, 5.74) is 1.90. The van der Waals surface area contributed by atoms with Crippen LogP contribution in [0, 0.1) is 0 Å². The maximum Gasteiger partial charge on any atom is 0.0672 e. The summed E-state index contributed by atoms with van der Waals surface area (Å²) in [7, 11) is 0. The van der Waals surface area contributed by atoms with E-state index in [1.54, 1.807) is 10.4 Å². The van der Waals surface area contributed by atoms with Gasteiger partial charge in [0.25, 0.3) is 0 Å². The third-order valence-electron chi connectivity index (χ3n) is 3.83. The molecule has 0 saturated carbocycles. The zero-order chi connectivity index (χ0) is 10.3. The maximum atomic E-state index is 3.77. The molecular formula is C12H18N2S. The predicted molar refractivity (Wildman–Crippen MR) is 64.4 cm³/mol. The van der Waals surface area contributed by atoms with Crippen molar-refractivity contribution in [1.82, 2.24) is 10.2 Å².